The molecule has 0 aliphatic rings. The predicted octanol–water partition coefficient (Wildman–Crippen LogP) is 2.51. The number of benzene rings is 1. The molecule has 0 bridgehead atoms. The topological polar surface area (TPSA) is 55.6 Å². The standard InChI is InChI=1S/C13H19N5/c1-4-10(2)11(3)15-12-6-5-7-13(8-12)18-9-14-16-17-18/h5-11,15H,4H2,1-3H3. The Morgan fingerprint density at radius 3 is 2.83 bits per heavy atom. The highest BCUT2D eigenvalue weighted by Gasteiger charge is 2.10. The van der Waals surface area contributed by atoms with Crippen LogP contribution in [0.25, 0.3) is 5.69 Å². The molecule has 0 saturated carbocycles. The van der Waals surface area contributed by atoms with Crippen molar-refractivity contribution in [1.29, 1.82) is 0 Å². The van der Waals surface area contributed by atoms with E-state index >= 15 is 0 Å². The number of tetrazole rings is 1. The summed E-state index contributed by atoms with van der Waals surface area (Å²) >= 11 is 0. The van der Waals surface area contributed by atoms with Gasteiger partial charge in [-0.3, -0.25) is 0 Å². The highest BCUT2D eigenvalue weighted by Crippen LogP contribution is 2.17. The molecular formula is C13H19N5. The third kappa shape index (κ3) is 2.85. The molecule has 2 unspecified atom stereocenters. The lowest BCUT2D eigenvalue weighted by molar-refractivity contribution is 0.494. The molecule has 5 heteroatoms. The molecule has 2 rings (SSSR count). The molecule has 18 heavy (non-hydrogen) atoms. The Balaban J connectivity index is 2.13. The maximum atomic E-state index is 3.89. The van der Waals surface area contributed by atoms with Gasteiger partial charge in [-0.05, 0) is 41.5 Å². The van der Waals surface area contributed by atoms with Crippen molar-refractivity contribution in [1.82, 2.24) is 20.2 Å². The molecule has 1 heterocycles. The summed E-state index contributed by atoms with van der Waals surface area (Å²) in [6, 6.07) is 8.54. The van der Waals surface area contributed by atoms with Crippen LogP contribution in [0.4, 0.5) is 5.69 Å². The van der Waals surface area contributed by atoms with Crippen LogP contribution >= 0.6 is 0 Å². The molecule has 2 atom stereocenters. The number of rotatable bonds is 5. The van der Waals surface area contributed by atoms with Gasteiger partial charge in [-0.15, -0.1) is 5.10 Å². The molecule has 0 spiro atoms. The lowest BCUT2D eigenvalue weighted by Crippen LogP contribution is -2.23. The normalized spacial score (nSPS) is 14.2. The Morgan fingerprint density at radius 2 is 2.17 bits per heavy atom. The van der Waals surface area contributed by atoms with E-state index in [1.807, 2.05) is 12.1 Å². The fourth-order valence-electron chi connectivity index (χ4n) is 1.78. The van der Waals surface area contributed by atoms with Gasteiger partial charge < -0.3 is 5.32 Å². The van der Waals surface area contributed by atoms with Crippen LogP contribution in [0, 0.1) is 5.92 Å². The summed E-state index contributed by atoms with van der Waals surface area (Å²) < 4.78 is 1.65. The Morgan fingerprint density at radius 1 is 1.33 bits per heavy atom. The molecule has 2 aromatic rings. The summed E-state index contributed by atoms with van der Waals surface area (Å²) in [5, 5.41) is 14.7. The highest BCUT2D eigenvalue weighted by atomic mass is 15.5. The average molecular weight is 245 g/mol. The van der Waals surface area contributed by atoms with Crippen LogP contribution < -0.4 is 5.32 Å². The second-order valence-electron chi connectivity index (χ2n) is 4.62. The van der Waals surface area contributed by atoms with Gasteiger partial charge in [0.2, 0.25) is 0 Å². The Bertz CT molecular complexity index is 480. The number of nitrogens with one attached hydrogen (secondary N) is 1. The molecule has 0 saturated heterocycles. The molecule has 0 amide bonds. The summed E-state index contributed by atoms with van der Waals surface area (Å²) in [5.74, 6) is 0.640. The van der Waals surface area contributed by atoms with Gasteiger partial charge in [-0.1, -0.05) is 26.3 Å². The van der Waals surface area contributed by atoms with E-state index in [-0.39, 0.29) is 0 Å². The van der Waals surface area contributed by atoms with Crippen LogP contribution in [0.5, 0.6) is 0 Å². The molecule has 1 aromatic carbocycles. The fourth-order valence-corrected chi connectivity index (χ4v) is 1.78. The predicted molar refractivity (Wildman–Crippen MR) is 71.7 cm³/mol. The van der Waals surface area contributed by atoms with Crippen molar-refractivity contribution in [2.24, 2.45) is 5.92 Å². The smallest absolute Gasteiger partial charge is 0.143 e. The molecule has 96 valence electrons. The lowest BCUT2D eigenvalue weighted by atomic mass is 10.0. The van der Waals surface area contributed by atoms with E-state index in [2.05, 4.69) is 53.7 Å². The van der Waals surface area contributed by atoms with E-state index in [9.17, 15) is 0 Å². The Labute approximate surface area is 107 Å². The first-order chi connectivity index (χ1) is 8.70. The second kappa shape index (κ2) is 5.62. The molecule has 0 aliphatic carbocycles. The minimum absolute atomic E-state index is 0.444. The van der Waals surface area contributed by atoms with E-state index in [1.165, 1.54) is 6.42 Å². The SMILES string of the molecule is CCC(C)C(C)Nc1cccc(-n2cnnn2)c1. The van der Waals surface area contributed by atoms with E-state index in [1.54, 1.807) is 11.0 Å². The Kier molecular flexibility index (Phi) is 3.92. The van der Waals surface area contributed by atoms with Crippen LogP contribution in [-0.2, 0) is 0 Å². The van der Waals surface area contributed by atoms with Crippen LogP contribution in [0.1, 0.15) is 27.2 Å². The molecule has 0 radical (unpaired) electrons. The zero-order valence-electron chi connectivity index (χ0n) is 11.0. The molecule has 0 fully saturated rings. The van der Waals surface area contributed by atoms with E-state index in [4.69, 9.17) is 0 Å². The van der Waals surface area contributed by atoms with Gasteiger partial charge in [-0.25, -0.2) is 4.68 Å². The van der Waals surface area contributed by atoms with Crippen molar-refractivity contribution in [3.8, 4) is 5.69 Å². The zero-order chi connectivity index (χ0) is 13.0. The lowest BCUT2D eigenvalue weighted by Gasteiger charge is -2.21. The highest BCUT2D eigenvalue weighted by molar-refractivity contribution is 5.51. The van der Waals surface area contributed by atoms with Crippen LogP contribution in [0.2, 0.25) is 0 Å². The minimum Gasteiger partial charge on any atom is -0.382 e. The first-order valence-electron chi connectivity index (χ1n) is 6.30. The number of hydrogen-bond donors (Lipinski definition) is 1. The first-order valence-corrected chi connectivity index (χ1v) is 6.30. The molecule has 1 aromatic heterocycles. The fraction of sp³-hybridized carbons (Fsp3) is 0.462. The van der Waals surface area contributed by atoms with Crippen LogP contribution in [0.3, 0.4) is 0 Å². The van der Waals surface area contributed by atoms with Gasteiger partial charge in [0, 0.05) is 11.7 Å². The molecule has 5 nitrogen and oxygen atoms in total. The molecule has 1 N–H and O–H groups in total. The van der Waals surface area contributed by atoms with Crippen molar-refractivity contribution in [2.75, 3.05) is 5.32 Å². The molecular weight excluding hydrogens is 226 g/mol. The van der Waals surface area contributed by atoms with Gasteiger partial charge >= 0.3 is 0 Å². The van der Waals surface area contributed by atoms with Gasteiger partial charge in [0.15, 0.2) is 0 Å². The van der Waals surface area contributed by atoms with Crippen molar-refractivity contribution in [3.63, 3.8) is 0 Å². The van der Waals surface area contributed by atoms with E-state index < -0.39 is 0 Å². The summed E-state index contributed by atoms with van der Waals surface area (Å²) in [6.07, 6.45) is 2.76. The van der Waals surface area contributed by atoms with E-state index in [0.29, 0.717) is 12.0 Å². The van der Waals surface area contributed by atoms with Gasteiger partial charge in [-0.2, -0.15) is 0 Å². The summed E-state index contributed by atoms with van der Waals surface area (Å²) in [4.78, 5) is 0. The zero-order valence-corrected chi connectivity index (χ0v) is 11.0. The number of hydrogen-bond acceptors (Lipinski definition) is 4. The number of anilines is 1. The average Bonchev–Trinajstić information content (AvgIpc) is 2.92. The molecule has 0 aliphatic heterocycles. The maximum absolute atomic E-state index is 3.89. The monoisotopic (exact) mass is 245 g/mol. The third-order valence-electron chi connectivity index (χ3n) is 3.35. The largest absolute Gasteiger partial charge is 0.382 e. The maximum Gasteiger partial charge on any atom is 0.143 e. The van der Waals surface area contributed by atoms with Gasteiger partial charge in [0.1, 0.15) is 6.33 Å². The van der Waals surface area contributed by atoms with Crippen LogP contribution in [-0.4, -0.2) is 26.2 Å². The van der Waals surface area contributed by atoms with Gasteiger partial charge in [0.05, 0.1) is 5.69 Å². The first kappa shape index (κ1) is 12.5. The van der Waals surface area contributed by atoms with E-state index in [0.717, 1.165) is 11.4 Å². The summed E-state index contributed by atoms with van der Waals surface area (Å²) in [5.41, 5.74) is 2.05. The van der Waals surface area contributed by atoms with Crippen LogP contribution in [0.15, 0.2) is 30.6 Å². The Hall–Kier alpha value is -1.91. The minimum atomic E-state index is 0.444. The van der Waals surface area contributed by atoms with Crippen molar-refractivity contribution in [2.45, 2.75) is 33.2 Å². The third-order valence-corrected chi connectivity index (χ3v) is 3.35. The van der Waals surface area contributed by atoms with Crippen molar-refractivity contribution in [3.05, 3.63) is 30.6 Å². The number of nitrogens with zero attached hydrogens (tertiary/aromatic N) is 4. The number of aromatic nitrogens is 4. The van der Waals surface area contributed by atoms with Crippen molar-refractivity contribution >= 4 is 5.69 Å². The second-order valence-corrected chi connectivity index (χ2v) is 4.62. The summed E-state index contributed by atoms with van der Waals surface area (Å²) in [7, 11) is 0. The van der Waals surface area contributed by atoms with Gasteiger partial charge in [0.25, 0.3) is 0 Å². The summed E-state index contributed by atoms with van der Waals surface area (Å²) in [6.45, 7) is 6.67. The quantitative estimate of drug-likeness (QED) is 0.879. The van der Waals surface area contributed by atoms with Crippen molar-refractivity contribution < 1.29 is 0 Å².